The van der Waals surface area contributed by atoms with Crippen molar-refractivity contribution in [1.82, 2.24) is 4.98 Å². The van der Waals surface area contributed by atoms with Crippen LogP contribution < -0.4 is 10.6 Å². The minimum atomic E-state index is -0.378. The van der Waals surface area contributed by atoms with E-state index in [4.69, 9.17) is 24.9 Å². The van der Waals surface area contributed by atoms with Crippen LogP contribution in [-0.2, 0) is 27.2 Å². The van der Waals surface area contributed by atoms with Crippen LogP contribution in [0.4, 0.5) is 11.5 Å². The predicted octanol–water partition coefficient (Wildman–Crippen LogP) is 2.99. The van der Waals surface area contributed by atoms with Crippen molar-refractivity contribution in [3.63, 3.8) is 0 Å². The van der Waals surface area contributed by atoms with Crippen molar-refractivity contribution in [3.05, 3.63) is 16.0 Å². The Kier molecular flexibility index (Phi) is 5.44. The summed E-state index contributed by atoms with van der Waals surface area (Å²) in [5, 5.41) is 0.897. The van der Waals surface area contributed by atoms with Gasteiger partial charge in [-0.3, -0.25) is 0 Å². The molecule has 2 aromatic rings. The van der Waals surface area contributed by atoms with Gasteiger partial charge < -0.3 is 24.8 Å². The van der Waals surface area contributed by atoms with E-state index in [-0.39, 0.29) is 12.1 Å². The Labute approximate surface area is 168 Å². The molecule has 7 nitrogen and oxygen atoms in total. The van der Waals surface area contributed by atoms with Crippen LogP contribution in [0.15, 0.2) is 0 Å². The number of esters is 1. The lowest BCUT2D eigenvalue weighted by Crippen LogP contribution is -2.38. The maximum absolute atomic E-state index is 12.4. The number of thiophene rings is 1. The van der Waals surface area contributed by atoms with Gasteiger partial charge in [0.1, 0.15) is 15.5 Å². The summed E-state index contributed by atoms with van der Waals surface area (Å²) in [6.07, 6.45) is 0.896. The summed E-state index contributed by atoms with van der Waals surface area (Å²) in [5.41, 5.74) is 9.18. The summed E-state index contributed by atoms with van der Waals surface area (Å²) in [6, 6.07) is 0. The maximum atomic E-state index is 12.4. The first-order valence-corrected chi connectivity index (χ1v) is 10.7. The van der Waals surface area contributed by atoms with Gasteiger partial charge in [0, 0.05) is 30.5 Å². The fourth-order valence-electron chi connectivity index (χ4n) is 3.89. The molecule has 1 atom stereocenters. The van der Waals surface area contributed by atoms with Gasteiger partial charge in [0.2, 0.25) is 0 Å². The first-order valence-electron chi connectivity index (χ1n) is 9.86. The van der Waals surface area contributed by atoms with Gasteiger partial charge in [0.05, 0.1) is 38.2 Å². The molecule has 0 bridgehead atoms. The molecular formula is C20H27N3O4S. The van der Waals surface area contributed by atoms with E-state index in [1.165, 1.54) is 16.9 Å². The average Bonchev–Trinajstić information content (AvgIpc) is 3.04. The van der Waals surface area contributed by atoms with Crippen LogP contribution in [0.25, 0.3) is 10.2 Å². The molecule has 0 radical (unpaired) electrons. The second kappa shape index (κ2) is 7.85. The highest BCUT2D eigenvalue weighted by atomic mass is 32.1. The van der Waals surface area contributed by atoms with Crippen LogP contribution in [0.1, 0.15) is 41.6 Å². The molecule has 4 rings (SSSR count). The van der Waals surface area contributed by atoms with E-state index in [0.29, 0.717) is 42.9 Å². The van der Waals surface area contributed by atoms with E-state index in [9.17, 15) is 4.79 Å². The molecule has 152 valence electrons. The largest absolute Gasteiger partial charge is 0.462 e. The van der Waals surface area contributed by atoms with Crippen LogP contribution in [0.5, 0.6) is 0 Å². The number of pyridine rings is 1. The molecule has 28 heavy (non-hydrogen) atoms. The number of ether oxygens (including phenoxy) is 3. The van der Waals surface area contributed by atoms with Gasteiger partial charge in [-0.1, -0.05) is 13.8 Å². The average molecular weight is 406 g/mol. The fourth-order valence-corrected chi connectivity index (χ4v) is 4.91. The summed E-state index contributed by atoms with van der Waals surface area (Å²) in [6.45, 7) is 9.92. The van der Waals surface area contributed by atoms with Crippen molar-refractivity contribution < 1.29 is 19.0 Å². The van der Waals surface area contributed by atoms with Crippen molar-refractivity contribution in [2.75, 3.05) is 43.5 Å². The molecule has 2 N–H and O–H groups in total. The highest BCUT2D eigenvalue weighted by Gasteiger charge is 2.32. The molecule has 0 amide bonds. The second-order valence-corrected chi connectivity index (χ2v) is 8.53. The molecule has 2 aliphatic rings. The molecule has 4 heterocycles. The summed E-state index contributed by atoms with van der Waals surface area (Å²) < 4.78 is 16.9. The second-order valence-electron chi connectivity index (χ2n) is 7.54. The summed E-state index contributed by atoms with van der Waals surface area (Å²) >= 11 is 1.32. The van der Waals surface area contributed by atoms with Crippen LogP contribution in [0.2, 0.25) is 0 Å². The number of hydrogen-bond donors (Lipinski definition) is 1. The standard InChI is InChI=1S/C20H27N3O4S/c1-4-26-20(24)17-16(21)15-12-9-14(11(2)3)27-10-13(12)18(22-19(15)28-17)23-5-7-25-8-6-23/h11,14H,4-10,21H2,1-3H3/t14-/m0/s1. The molecule has 2 aromatic heterocycles. The van der Waals surface area contributed by atoms with E-state index >= 15 is 0 Å². The van der Waals surface area contributed by atoms with Gasteiger partial charge in [0.15, 0.2) is 0 Å². The Bertz CT molecular complexity index is 889. The Morgan fingerprint density at radius 3 is 2.79 bits per heavy atom. The Morgan fingerprint density at radius 2 is 2.11 bits per heavy atom. The minimum Gasteiger partial charge on any atom is -0.462 e. The highest BCUT2D eigenvalue weighted by molar-refractivity contribution is 7.21. The maximum Gasteiger partial charge on any atom is 0.350 e. The Morgan fingerprint density at radius 1 is 1.36 bits per heavy atom. The number of nitrogen functional groups attached to an aromatic ring is 1. The SMILES string of the molecule is CCOC(=O)c1sc2nc(N3CCOCC3)c3c(c2c1N)C[C@@H](C(C)C)OC3. The van der Waals surface area contributed by atoms with E-state index in [2.05, 4.69) is 18.7 Å². The number of nitrogens with two attached hydrogens (primary N) is 1. The van der Waals surface area contributed by atoms with Gasteiger partial charge >= 0.3 is 5.97 Å². The van der Waals surface area contributed by atoms with E-state index in [1.807, 2.05) is 0 Å². The Hall–Kier alpha value is -1.90. The summed E-state index contributed by atoms with van der Waals surface area (Å²) in [7, 11) is 0. The zero-order valence-electron chi connectivity index (χ0n) is 16.6. The van der Waals surface area contributed by atoms with Crippen LogP contribution in [-0.4, -0.2) is 50.0 Å². The van der Waals surface area contributed by atoms with Crippen molar-refractivity contribution >= 4 is 39.0 Å². The van der Waals surface area contributed by atoms with Crippen molar-refractivity contribution in [2.45, 2.75) is 39.9 Å². The number of morpholine rings is 1. The first kappa shape index (κ1) is 19.4. The number of carbonyl (C=O) groups excluding carboxylic acids is 1. The number of fused-ring (bicyclic) bond motifs is 3. The molecule has 1 saturated heterocycles. The smallest absolute Gasteiger partial charge is 0.350 e. The lowest BCUT2D eigenvalue weighted by Gasteiger charge is -2.34. The summed E-state index contributed by atoms with van der Waals surface area (Å²) in [4.78, 5) is 20.8. The first-order chi connectivity index (χ1) is 13.5. The molecule has 8 heteroatoms. The number of aromatic nitrogens is 1. The van der Waals surface area contributed by atoms with Gasteiger partial charge in [-0.2, -0.15) is 0 Å². The van der Waals surface area contributed by atoms with E-state index in [1.54, 1.807) is 6.92 Å². The fraction of sp³-hybridized carbons (Fsp3) is 0.600. The van der Waals surface area contributed by atoms with Crippen LogP contribution >= 0.6 is 11.3 Å². The third-order valence-corrected chi connectivity index (χ3v) is 6.51. The number of nitrogens with zero attached hydrogens (tertiary/aromatic N) is 2. The molecule has 1 fully saturated rings. The topological polar surface area (TPSA) is 86.9 Å². The lowest BCUT2D eigenvalue weighted by molar-refractivity contribution is 0.000125. The van der Waals surface area contributed by atoms with Gasteiger partial charge in [-0.15, -0.1) is 11.3 Å². The van der Waals surface area contributed by atoms with Gasteiger partial charge in [-0.05, 0) is 18.4 Å². The van der Waals surface area contributed by atoms with Crippen LogP contribution in [0.3, 0.4) is 0 Å². The molecular weight excluding hydrogens is 378 g/mol. The van der Waals surface area contributed by atoms with E-state index < -0.39 is 0 Å². The van der Waals surface area contributed by atoms with Gasteiger partial charge in [0.25, 0.3) is 0 Å². The number of carbonyl (C=O) groups is 1. The molecule has 2 aliphatic heterocycles. The molecule has 0 spiro atoms. The number of rotatable bonds is 4. The Balaban J connectivity index is 1.88. The van der Waals surface area contributed by atoms with Crippen molar-refractivity contribution in [2.24, 2.45) is 5.92 Å². The van der Waals surface area contributed by atoms with E-state index in [0.717, 1.165) is 41.1 Å². The molecule has 0 saturated carbocycles. The molecule has 0 unspecified atom stereocenters. The minimum absolute atomic E-state index is 0.126. The third-order valence-electron chi connectivity index (χ3n) is 5.43. The normalized spacial score (nSPS) is 19.9. The highest BCUT2D eigenvalue weighted by Crippen LogP contribution is 2.42. The summed E-state index contributed by atoms with van der Waals surface area (Å²) in [5.74, 6) is 0.953. The van der Waals surface area contributed by atoms with Crippen LogP contribution in [0, 0.1) is 5.92 Å². The zero-order valence-corrected chi connectivity index (χ0v) is 17.4. The third kappa shape index (κ3) is 3.33. The predicted molar refractivity (Wildman–Crippen MR) is 110 cm³/mol. The quantitative estimate of drug-likeness (QED) is 0.783. The van der Waals surface area contributed by atoms with Crippen molar-refractivity contribution in [1.29, 1.82) is 0 Å². The van der Waals surface area contributed by atoms with Gasteiger partial charge in [-0.25, -0.2) is 9.78 Å². The molecule has 0 aromatic carbocycles. The monoisotopic (exact) mass is 405 g/mol. The lowest BCUT2D eigenvalue weighted by atomic mass is 9.91. The number of hydrogen-bond acceptors (Lipinski definition) is 8. The number of anilines is 2. The molecule has 0 aliphatic carbocycles. The van der Waals surface area contributed by atoms with Crippen molar-refractivity contribution in [3.8, 4) is 0 Å². The zero-order chi connectivity index (χ0) is 19.8.